The number of aryl methyl sites for hydroxylation is 2. The minimum absolute atomic E-state index is 0.0830. The van der Waals surface area contributed by atoms with Crippen LogP contribution in [0.2, 0.25) is 0 Å². The summed E-state index contributed by atoms with van der Waals surface area (Å²) in [6, 6.07) is 6.35. The van der Waals surface area contributed by atoms with Crippen LogP contribution in [0.15, 0.2) is 30.4 Å². The summed E-state index contributed by atoms with van der Waals surface area (Å²) in [5.41, 5.74) is 2.47. The fourth-order valence-corrected chi connectivity index (χ4v) is 2.77. The van der Waals surface area contributed by atoms with Gasteiger partial charge in [-0.2, -0.15) is 0 Å². The maximum atomic E-state index is 10.2. The number of allylic oxidation sites excluding steroid dienone is 1. The van der Waals surface area contributed by atoms with Crippen molar-refractivity contribution in [3.8, 4) is 10.7 Å². The Balaban J connectivity index is 2.64. The molecule has 16 heavy (non-hydrogen) atoms. The Kier molecular flexibility index (Phi) is 4.85. The van der Waals surface area contributed by atoms with Crippen LogP contribution in [0.25, 0.3) is 0 Å². The van der Waals surface area contributed by atoms with E-state index in [0.717, 1.165) is 6.08 Å². The molecule has 0 aliphatic carbocycles. The van der Waals surface area contributed by atoms with Crippen LogP contribution in [-0.2, 0) is 4.79 Å². The van der Waals surface area contributed by atoms with Crippen LogP contribution in [0, 0.1) is 24.6 Å². The molecule has 0 amide bonds. The fraction of sp³-hybridized carbons (Fsp3) is 0.154. The summed E-state index contributed by atoms with van der Waals surface area (Å²) in [4.78, 5) is 13.1. The molecule has 82 valence electrons. The van der Waals surface area contributed by atoms with Crippen molar-refractivity contribution in [3.63, 3.8) is 0 Å². The Hall–Kier alpha value is -1.49. The SMILES string of the molecule is Cc1cc(C)cc([Se]C#CC=CC(=O)O)c1. The molecule has 0 bridgehead atoms. The third kappa shape index (κ3) is 4.84. The second kappa shape index (κ2) is 6.17. The van der Waals surface area contributed by atoms with E-state index in [0.29, 0.717) is 0 Å². The second-order valence-electron chi connectivity index (χ2n) is 3.34. The normalized spacial score (nSPS) is 9.88. The van der Waals surface area contributed by atoms with E-state index in [1.807, 2.05) is 0 Å². The number of carboxylic acids is 1. The van der Waals surface area contributed by atoms with Crippen LogP contribution in [0.4, 0.5) is 0 Å². The first-order valence-corrected chi connectivity index (χ1v) is 6.44. The Labute approximate surface area is 102 Å². The van der Waals surface area contributed by atoms with E-state index in [-0.39, 0.29) is 15.0 Å². The van der Waals surface area contributed by atoms with Crippen molar-refractivity contribution < 1.29 is 9.90 Å². The predicted molar refractivity (Wildman–Crippen MR) is 65.9 cm³/mol. The molecule has 1 N–H and O–H groups in total. The van der Waals surface area contributed by atoms with Crippen LogP contribution in [0.3, 0.4) is 0 Å². The van der Waals surface area contributed by atoms with E-state index < -0.39 is 5.97 Å². The molecular formula is C13H12O2Se. The summed E-state index contributed by atoms with van der Waals surface area (Å²) in [5.74, 6) is 1.76. The van der Waals surface area contributed by atoms with Crippen LogP contribution in [-0.4, -0.2) is 26.0 Å². The number of benzene rings is 1. The third-order valence-electron chi connectivity index (χ3n) is 1.73. The van der Waals surface area contributed by atoms with Crippen LogP contribution in [0.1, 0.15) is 11.1 Å². The van der Waals surface area contributed by atoms with Gasteiger partial charge < -0.3 is 0 Å². The first kappa shape index (κ1) is 12.6. The van der Waals surface area contributed by atoms with E-state index in [1.165, 1.54) is 21.7 Å². The monoisotopic (exact) mass is 280 g/mol. The summed E-state index contributed by atoms with van der Waals surface area (Å²) >= 11 is 0.0830. The zero-order valence-corrected chi connectivity index (χ0v) is 10.9. The fourth-order valence-electron chi connectivity index (χ4n) is 1.23. The third-order valence-corrected chi connectivity index (χ3v) is 3.18. The van der Waals surface area contributed by atoms with Gasteiger partial charge in [0.1, 0.15) is 0 Å². The van der Waals surface area contributed by atoms with E-state index in [2.05, 4.69) is 42.8 Å². The van der Waals surface area contributed by atoms with Crippen molar-refractivity contribution in [1.29, 1.82) is 0 Å². The van der Waals surface area contributed by atoms with Crippen molar-refractivity contribution in [1.82, 2.24) is 0 Å². The van der Waals surface area contributed by atoms with Crippen LogP contribution < -0.4 is 4.46 Å². The molecule has 1 rings (SSSR count). The van der Waals surface area contributed by atoms with Crippen LogP contribution >= 0.6 is 0 Å². The van der Waals surface area contributed by atoms with Crippen molar-refractivity contribution in [3.05, 3.63) is 41.5 Å². The number of carbonyl (C=O) groups is 1. The maximum absolute atomic E-state index is 10.2. The van der Waals surface area contributed by atoms with Crippen molar-refractivity contribution in [2.75, 3.05) is 0 Å². The quantitative estimate of drug-likeness (QED) is 0.502. The van der Waals surface area contributed by atoms with Crippen molar-refractivity contribution in [2.45, 2.75) is 13.8 Å². The van der Waals surface area contributed by atoms with Gasteiger partial charge in [0.2, 0.25) is 0 Å². The van der Waals surface area contributed by atoms with E-state index in [4.69, 9.17) is 5.11 Å². The molecule has 0 aliphatic heterocycles. The summed E-state index contributed by atoms with van der Waals surface area (Å²) in [7, 11) is 0. The van der Waals surface area contributed by atoms with Gasteiger partial charge in [0.25, 0.3) is 0 Å². The topological polar surface area (TPSA) is 37.3 Å². The van der Waals surface area contributed by atoms with Gasteiger partial charge >= 0.3 is 101 Å². The molecule has 0 fully saturated rings. The summed E-state index contributed by atoms with van der Waals surface area (Å²) in [5, 5.41) is 8.35. The molecule has 0 spiro atoms. The minimum atomic E-state index is -0.965. The molecule has 0 saturated heterocycles. The van der Waals surface area contributed by atoms with E-state index in [1.54, 1.807) is 0 Å². The molecule has 1 aromatic carbocycles. The Morgan fingerprint density at radius 2 is 1.94 bits per heavy atom. The molecular weight excluding hydrogens is 267 g/mol. The van der Waals surface area contributed by atoms with Gasteiger partial charge in [0.15, 0.2) is 0 Å². The zero-order chi connectivity index (χ0) is 12.0. The summed E-state index contributed by atoms with van der Waals surface area (Å²) < 4.78 is 1.22. The Bertz CT molecular complexity index is 458. The van der Waals surface area contributed by atoms with Gasteiger partial charge in [-0.3, -0.25) is 0 Å². The average molecular weight is 279 g/mol. The van der Waals surface area contributed by atoms with E-state index in [9.17, 15) is 4.79 Å². The van der Waals surface area contributed by atoms with Crippen LogP contribution in [0.5, 0.6) is 0 Å². The van der Waals surface area contributed by atoms with Crippen molar-refractivity contribution >= 4 is 25.4 Å². The molecule has 0 atom stereocenters. The average Bonchev–Trinajstić information content (AvgIpc) is 2.15. The molecule has 1 aromatic rings. The number of carboxylic acid groups (broad SMARTS) is 1. The molecule has 3 heteroatoms. The molecule has 0 saturated carbocycles. The molecule has 0 radical (unpaired) electrons. The predicted octanol–water partition coefficient (Wildman–Crippen LogP) is 1.23. The summed E-state index contributed by atoms with van der Waals surface area (Å²) in [6.45, 7) is 4.12. The van der Waals surface area contributed by atoms with Gasteiger partial charge in [-0.05, 0) is 0 Å². The molecule has 2 nitrogen and oxygen atoms in total. The number of hydrogen-bond acceptors (Lipinski definition) is 1. The standard InChI is InChI=1S/C13H12O2Se/c1-10-7-11(2)9-12(8-10)16-6-4-3-5-13(14)15/h3,5,7-9H,1-2H3,(H,14,15). The zero-order valence-electron chi connectivity index (χ0n) is 9.15. The van der Waals surface area contributed by atoms with Gasteiger partial charge in [-0.25, -0.2) is 0 Å². The number of aliphatic carboxylic acids is 1. The van der Waals surface area contributed by atoms with Gasteiger partial charge in [0.05, 0.1) is 0 Å². The second-order valence-corrected chi connectivity index (χ2v) is 5.19. The van der Waals surface area contributed by atoms with Gasteiger partial charge in [0, 0.05) is 0 Å². The Morgan fingerprint density at radius 3 is 2.50 bits per heavy atom. The van der Waals surface area contributed by atoms with Crippen molar-refractivity contribution in [2.24, 2.45) is 0 Å². The van der Waals surface area contributed by atoms with Gasteiger partial charge in [-0.1, -0.05) is 0 Å². The first-order chi connectivity index (χ1) is 7.58. The number of hydrogen-bond donors (Lipinski definition) is 1. The molecule has 0 aromatic heterocycles. The molecule has 0 unspecified atom stereocenters. The summed E-state index contributed by atoms with van der Waals surface area (Å²) in [6.07, 6.45) is 2.41. The first-order valence-electron chi connectivity index (χ1n) is 4.73. The van der Waals surface area contributed by atoms with E-state index >= 15 is 0 Å². The molecule has 0 aliphatic rings. The number of rotatable bonds is 2. The Morgan fingerprint density at radius 1 is 1.31 bits per heavy atom. The molecule has 0 heterocycles. The van der Waals surface area contributed by atoms with Gasteiger partial charge in [-0.15, -0.1) is 0 Å².